The normalized spacial score (nSPS) is 10.8. The number of benzene rings is 2. The molecule has 0 aliphatic rings. The molecule has 0 fully saturated rings. The summed E-state index contributed by atoms with van der Waals surface area (Å²) in [6.07, 6.45) is 1.47. The number of hydrogen-bond donors (Lipinski definition) is 3. The van der Waals surface area contributed by atoms with E-state index in [0.717, 1.165) is 4.47 Å². The molecule has 0 aliphatic carbocycles. The Balaban J connectivity index is 2.26. The highest BCUT2D eigenvalue weighted by Gasteiger charge is 2.15. The number of rotatable bonds is 6. The summed E-state index contributed by atoms with van der Waals surface area (Å²) in [6.45, 7) is -0.546. The standard InChI is InChI=1S/C18H15BrN2O4/c19-14-8-4-5-12(9-14)10-15(18(25)20-11-16(22)23)21-17(24)13-6-2-1-3-7-13/h1-10H,11H2,(H,20,25)(H,21,24)(H,22,23)/b15-10+. The summed E-state index contributed by atoms with van der Waals surface area (Å²) in [6, 6.07) is 15.5. The van der Waals surface area contributed by atoms with E-state index in [-0.39, 0.29) is 5.70 Å². The van der Waals surface area contributed by atoms with Crippen molar-refractivity contribution in [3.05, 3.63) is 75.9 Å². The molecule has 2 aromatic carbocycles. The summed E-state index contributed by atoms with van der Waals surface area (Å²) >= 11 is 3.33. The summed E-state index contributed by atoms with van der Waals surface area (Å²) in [5.74, 6) is -2.33. The van der Waals surface area contributed by atoms with Gasteiger partial charge in [0.05, 0.1) is 0 Å². The second kappa shape index (κ2) is 8.79. The van der Waals surface area contributed by atoms with Crippen molar-refractivity contribution in [2.45, 2.75) is 0 Å². The van der Waals surface area contributed by atoms with Crippen LogP contribution in [0.2, 0.25) is 0 Å². The second-order valence-electron chi connectivity index (χ2n) is 5.01. The van der Waals surface area contributed by atoms with Gasteiger partial charge in [-0.2, -0.15) is 0 Å². The van der Waals surface area contributed by atoms with E-state index in [4.69, 9.17) is 5.11 Å². The highest BCUT2D eigenvalue weighted by atomic mass is 79.9. The molecule has 3 N–H and O–H groups in total. The lowest BCUT2D eigenvalue weighted by Crippen LogP contribution is -2.37. The smallest absolute Gasteiger partial charge is 0.322 e. The van der Waals surface area contributed by atoms with Crippen LogP contribution >= 0.6 is 15.9 Å². The predicted octanol–water partition coefficient (Wildman–Crippen LogP) is 2.42. The first-order chi connectivity index (χ1) is 12.0. The summed E-state index contributed by atoms with van der Waals surface area (Å²) in [4.78, 5) is 35.2. The van der Waals surface area contributed by atoms with Gasteiger partial charge in [-0.1, -0.05) is 46.3 Å². The Hall–Kier alpha value is -2.93. The van der Waals surface area contributed by atoms with Crippen molar-refractivity contribution in [3.8, 4) is 0 Å². The SMILES string of the molecule is O=C(O)CNC(=O)/C(=C\c1cccc(Br)c1)NC(=O)c1ccccc1. The number of carbonyl (C=O) groups is 3. The van der Waals surface area contributed by atoms with E-state index in [2.05, 4.69) is 26.6 Å². The van der Waals surface area contributed by atoms with Crippen molar-refractivity contribution >= 4 is 39.8 Å². The third kappa shape index (κ3) is 5.89. The zero-order chi connectivity index (χ0) is 18.2. The maximum atomic E-state index is 12.3. The van der Waals surface area contributed by atoms with Crippen LogP contribution in [0, 0.1) is 0 Å². The zero-order valence-electron chi connectivity index (χ0n) is 13.0. The van der Waals surface area contributed by atoms with Crippen LogP contribution in [-0.4, -0.2) is 29.4 Å². The lowest BCUT2D eigenvalue weighted by Gasteiger charge is -2.10. The van der Waals surface area contributed by atoms with E-state index in [1.807, 2.05) is 6.07 Å². The van der Waals surface area contributed by atoms with Crippen molar-refractivity contribution in [1.29, 1.82) is 0 Å². The molecular formula is C18H15BrN2O4. The first-order valence-corrected chi connectivity index (χ1v) is 8.08. The van der Waals surface area contributed by atoms with Gasteiger partial charge in [0.15, 0.2) is 0 Å². The van der Waals surface area contributed by atoms with Gasteiger partial charge >= 0.3 is 5.97 Å². The number of carboxylic acid groups (broad SMARTS) is 1. The highest BCUT2D eigenvalue weighted by molar-refractivity contribution is 9.10. The van der Waals surface area contributed by atoms with Crippen molar-refractivity contribution in [1.82, 2.24) is 10.6 Å². The van der Waals surface area contributed by atoms with Gasteiger partial charge in [0, 0.05) is 10.0 Å². The first-order valence-electron chi connectivity index (χ1n) is 7.29. The maximum Gasteiger partial charge on any atom is 0.322 e. The molecule has 0 bridgehead atoms. The minimum Gasteiger partial charge on any atom is -0.480 e. The van der Waals surface area contributed by atoms with Crippen molar-refractivity contribution < 1.29 is 19.5 Å². The molecule has 6 nitrogen and oxygen atoms in total. The van der Waals surface area contributed by atoms with Gasteiger partial charge in [-0.05, 0) is 35.9 Å². The molecule has 0 spiro atoms. The van der Waals surface area contributed by atoms with E-state index >= 15 is 0 Å². The Bertz CT molecular complexity index is 819. The van der Waals surface area contributed by atoms with Crippen LogP contribution in [0.15, 0.2) is 64.8 Å². The summed E-state index contributed by atoms with van der Waals surface area (Å²) in [5, 5.41) is 13.5. The third-order valence-corrected chi connectivity index (χ3v) is 3.58. The average molecular weight is 403 g/mol. The number of carbonyl (C=O) groups excluding carboxylic acids is 2. The molecule has 0 aromatic heterocycles. The van der Waals surface area contributed by atoms with E-state index in [9.17, 15) is 14.4 Å². The third-order valence-electron chi connectivity index (χ3n) is 3.09. The van der Waals surface area contributed by atoms with E-state index < -0.39 is 24.3 Å². The average Bonchev–Trinajstić information content (AvgIpc) is 2.59. The molecule has 0 atom stereocenters. The maximum absolute atomic E-state index is 12.3. The Kier molecular flexibility index (Phi) is 6.47. The Morgan fingerprint density at radius 3 is 2.40 bits per heavy atom. The largest absolute Gasteiger partial charge is 0.480 e. The first kappa shape index (κ1) is 18.4. The molecule has 25 heavy (non-hydrogen) atoms. The molecule has 2 aromatic rings. The van der Waals surface area contributed by atoms with Gasteiger partial charge < -0.3 is 15.7 Å². The van der Waals surface area contributed by atoms with Gasteiger partial charge in [-0.25, -0.2) is 0 Å². The number of halogens is 1. The molecular weight excluding hydrogens is 388 g/mol. The quantitative estimate of drug-likeness (QED) is 0.646. The number of aliphatic carboxylic acids is 1. The Labute approximate surface area is 152 Å². The minimum absolute atomic E-state index is 0.0480. The van der Waals surface area contributed by atoms with Crippen LogP contribution in [0.1, 0.15) is 15.9 Å². The Morgan fingerprint density at radius 2 is 1.76 bits per heavy atom. The topological polar surface area (TPSA) is 95.5 Å². The van der Waals surface area contributed by atoms with Crippen molar-refractivity contribution in [2.75, 3.05) is 6.54 Å². The fourth-order valence-corrected chi connectivity index (χ4v) is 2.37. The van der Waals surface area contributed by atoms with Crippen LogP contribution in [0.4, 0.5) is 0 Å². The highest BCUT2D eigenvalue weighted by Crippen LogP contribution is 2.14. The molecule has 0 unspecified atom stereocenters. The second-order valence-corrected chi connectivity index (χ2v) is 5.93. The molecule has 0 saturated carbocycles. The van der Waals surface area contributed by atoms with Crippen LogP contribution in [0.5, 0.6) is 0 Å². The predicted molar refractivity (Wildman–Crippen MR) is 96.7 cm³/mol. The monoisotopic (exact) mass is 402 g/mol. The summed E-state index contributed by atoms with van der Waals surface area (Å²) in [7, 11) is 0. The summed E-state index contributed by atoms with van der Waals surface area (Å²) < 4.78 is 0.806. The number of amides is 2. The van der Waals surface area contributed by atoms with Gasteiger partial charge in [0.25, 0.3) is 11.8 Å². The van der Waals surface area contributed by atoms with Crippen molar-refractivity contribution in [2.24, 2.45) is 0 Å². The van der Waals surface area contributed by atoms with Crippen LogP contribution in [0.3, 0.4) is 0 Å². The van der Waals surface area contributed by atoms with Gasteiger partial charge in [0.2, 0.25) is 0 Å². The Morgan fingerprint density at radius 1 is 1.04 bits per heavy atom. The van der Waals surface area contributed by atoms with Gasteiger partial charge in [0.1, 0.15) is 12.2 Å². The minimum atomic E-state index is -1.18. The molecule has 0 aliphatic heterocycles. The molecule has 128 valence electrons. The lowest BCUT2D eigenvalue weighted by molar-refractivity contribution is -0.137. The van der Waals surface area contributed by atoms with Crippen molar-refractivity contribution in [3.63, 3.8) is 0 Å². The van der Waals surface area contributed by atoms with Crippen LogP contribution < -0.4 is 10.6 Å². The molecule has 0 heterocycles. The molecule has 0 radical (unpaired) electrons. The van der Waals surface area contributed by atoms with E-state index in [1.165, 1.54) is 6.08 Å². The lowest BCUT2D eigenvalue weighted by atomic mass is 10.1. The molecule has 0 saturated heterocycles. The summed E-state index contributed by atoms with van der Waals surface area (Å²) in [5.41, 5.74) is 1.00. The zero-order valence-corrected chi connectivity index (χ0v) is 14.6. The van der Waals surface area contributed by atoms with E-state index in [1.54, 1.807) is 48.5 Å². The van der Waals surface area contributed by atoms with Gasteiger partial charge in [-0.15, -0.1) is 0 Å². The number of nitrogens with one attached hydrogen (secondary N) is 2. The number of carboxylic acids is 1. The number of hydrogen-bond acceptors (Lipinski definition) is 3. The van der Waals surface area contributed by atoms with Crippen LogP contribution in [-0.2, 0) is 9.59 Å². The fourth-order valence-electron chi connectivity index (χ4n) is 1.96. The van der Waals surface area contributed by atoms with Crippen LogP contribution in [0.25, 0.3) is 6.08 Å². The van der Waals surface area contributed by atoms with E-state index in [0.29, 0.717) is 11.1 Å². The fraction of sp³-hybridized carbons (Fsp3) is 0.0556. The molecule has 2 amide bonds. The molecule has 2 rings (SSSR count). The molecule has 7 heteroatoms. The van der Waals surface area contributed by atoms with Gasteiger partial charge in [-0.3, -0.25) is 14.4 Å².